The predicted octanol–water partition coefficient (Wildman–Crippen LogP) is 2.73. The van der Waals surface area contributed by atoms with Crippen LogP contribution < -0.4 is 0 Å². The zero-order chi connectivity index (χ0) is 8.85. The van der Waals surface area contributed by atoms with Gasteiger partial charge in [-0.15, -0.1) is 0 Å². The molecular formula is C10H16O. The summed E-state index contributed by atoms with van der Waals surface area (Å²) in [6, 6.07) is 0. The Hall–Kier alpha value is -0.850. The molecule has 0 aliphatic carbocycles. The Morgan fingerprint density at radius 2 is 2.09 bits per heavy atom. The zero-order valence-corrected chi connectivity index (χ0v) is 7.55. The van der Waals surface area contributed by atoms with Gasteiger partial charge in [-0.1, -0.05) is 26.0 Å². The largest absolute Gasteiger partial charge is 0.290 e. The van der Waals surface area contributed by atoms with Crippen molar-refractivity contribution >= 4 is 5.78 Å². The third kappa shape index (κ3) is 5.59. The maximum atomic E-state index is 10.8. The Labute approximate surface area is 68.8 Å². The summed E-state index contributed by atoms with van der Waals surface area (Å²) in [5, 5.41) is 0. The molecule has 0 amide bonds. The molecule has 11 heavy (non-hydrogen) atoms. The molecule has 0 bridgehead atoms. The van der Waals surface area contributed by atoms with E-state index in [4.69, 9.17) is 0 Å². The van der Waals surface area contributed by atoms with E-state index < -0.39 is 0 Å². The van der Waals surface area contributed by atoms with Gasteiger partial charge in [-0.25, -0.2) is 0 Å². The summed E-state index contributed by atoms with van der Waals surface area (Å²) in [7, 11) is 0. The van der Waals surface area contributed by atoms with Crippen molar-refractivity contribution in [2.45, 2.75) is 27.2 Å². The molecule has 0 aromatic carbocycles. The summed E-state index contributed by atoms with van der Waals surface area (Å²) in [5.41, 5.74) is 1.13. The van der Waals surface area contributed by atoms with Crippen LogP contribution in [0.1, 0.15) is 27.2 Å². The fraction of sp³-hybridized carbons (Fsp3) is 0.500. The third-order valence-electron chi connectivity index (χ3n) is 1.32. The number of rotatable bonds is 4. The van der Waals surface area contributed by atoms with Gasteiger partial charge in [-0.2, -0.15) is 0 Å². The standard InChI is InChI=1S/C10H16O/c1-5-10(11)7-9(4)6-8(2)3/h5,7-8H,1,6H2,2-4H3/b9-7+. The first-order valence-electron chi connectivity index (χ1n) is 3.89. The first kappa shape index (κ1) is 10.2. The molecule has 0 unspecified atom stereocenters. The highest BCUT2D eigenvalue weighted by molar-refractivity contribution is 5.99. The SMILES string of the molecule is C=CC(=O)/C=C(\C)CC(C)C. The van der Waals surface area contributed by atoms with E-state index in [1.54, 1.807) is 6.08 Å². The normalized spacial score (nSPS) is 11.8. The van der Waals surface area contributed by atoms with Crippen molar-refractivity contribution in [2.75, 3.05) is 0 Å². The molecule has 0 saturated heterocycles. The molecule has 1 heteroatoms. The van der Waals surface area contributed by atoms with Gasteiger partial charge in [0.05, 0.1) is 0 Å². The molecule has 62 valence electrons. The molecule has 0 saturated carbocycles. The van der Waals surface area contributed by atoms with Crippen LogP contribution in [0.2, 0.25) is 0 Å². The summed E-state index contributed by atoms with van der Waals surface area (Å²) in [4.78, 5) is 10.8. The van der Waals surface area contributed by atoms with Crippen LogP contribution >= 0.6 is 0 Å². The molecule has 0 N–H and O–H groups in total. The van der Waals surface area contributed by atoms with Gasteiger partial charge in [0, 0.05) is 0 Å². The van der Waals surface area contributed by atoms with Crippen molar-refractivity contribution in [1.82, 2.24) is 0 Å². The van der Waals surface area contributed by atoms with Gasteiger partial charge in [-0.05, 0) is 31.4 Å². The number of hydrogen-bond donors (Lipinski definition) is 0. The first-order valence-corrected chi connectivity index (χ1v) is 3.89. The van der Waals surface area contributed by atoms with Gasteiger partial charge in [-0.3, -0.25) is 4.79 Å². The van der Waals surface area contributed by atoms with Gasteiger partial charge in [0.15, 0.2) is 5.78 Å². The average molecular weight is 152 g/mol. The van der Waals surface area contributed by atoms with Gasteiger partial charge < -0.3 is 0 Å². The molecule has 0 heterocycles. The Morgan fingerprint density at radius 1 is 1.55 bits per heavy atom. The molecule has 0 fully saturated rings. The Kier molecular flexibility index (Phi) is 4.51. The van der Waals surface area contributed by atoms with Crippen LogP contribution in [-0.2, 0) is 4.79 Å². The molecule has 0 spiro atoms. The minimum atomic E-state index is 0.00292. The molecular weight excluding hydrogens is 136 g/mol. The second-order valence-electron chi connectivity index (χ2n) is 3.20. The third-order valence-corrected chi connectivity index (χ3v) is 1.32. The summed E-state index contributed by atoms with van der Waals surface area (Å²) >= 11 is 0. The van der Waals surface area contributed by atoms with E-state index in [0.29, 0.717) is 5.92 Å². The fourth-order valence-corrected chi connectivity index (χ4v) is 1.00. The lowest BCUT2D eigenvalue weighted by molar-refractivity contribution is -0.110. The lowest BCUT2D eigenvalue weighted by Gasteiger charge is -2.02. The van der Waals surface area contributed by atoms with E-state index in [2.05, 4.69) is 20.4 Å². The van der Waals surface area contributed by atoms with Gasteiger partial charge in [0.2, 0.25) is 0 Å². The number of ketones is 1. The smallest absolute Gasteiger partial charge is 0.177 e. The summed E-state index contributed by atoms with van der Waals surface area (Å²) in [6.45, 7) is 9.64. The molecule has 0 rings (SSSR count). The molecule has 0 aliphatic heterocycles. The van der Waals surface area contributed by atoms with Crippen molar-refractivity contribution < 1.29 is 4.79 Å². The molecule has 0 aromatic rings. The minimum absolute atomic E-state index is 0.00292. The molecule has 0 radical (unpaired) electrons. The van der Waals surface area contributed by atoms with E-state index in [0.717, 1.165) is 12.0 Å². The van der Waals surface area contributed by atoms with Crippen molar-refractivity contribution in [1.29, 1.82) is 0 Å². The maximum Gasteiger partial charge on any atom is 0.177 e. The predicted molar refractivity (Wildman–Crippen MR) is 48.4 cm³/mol. The van der Waals surface area contributed by atoms with Crippen LogP contribution in [0.25, 0.3) is 0 Å². The number of carbonyl (C=O) groups excluding carboxylic acids is 1. The second-order valence-corrected chi connectivity index (χ2v) is 3.20. The van der Waals surface area contributed by atoms with E-state index >= 15 is 0 Å². The minimum Gasteiger partial charge on any atom is -0.290 e. The molecule has 0 aromatic heterocycles. The average Bonchev–Trinajstić information content (AvgIpc) is 1.85. The van der Waals surface area contributed by atoms with E-state index in [-0.39, 0.29) is 5.78 Å². The number of allylic oxidation sites excluding steroid dienone is 3. The van der Waals surface area contributed by atoms with Crippen molar-refractivity contribution in [3.63, 3.8) is 0 Å². The Morgan fingerprint density at radius 3 is 2.45 bits per heavy atom. The molecule has 1 nitrogen and oxygen atoms in total. The van der Waals surface area contributed by atoms with Crippen molar-refractivity contribution in [2.24, 2.45) is 5.92 Å². The summed E-state index contributed by atoms with van der Waals surface area (Å²) in [6.07, 6.45) is 3.97. The highest BCUT2D eigenvalue weighted by atomic mass is 16.1. The summed E-state index contributed by atoms with van der Waals surface area (Å²) in [5.74, 6) is 0.618. The summed E-state index contributed by atoms with van der Waals surface area (Å²) < 4.78 is 0. The van der Waals surface area contributed by atoms with Crippen LogP contribution in [0.5, 0.6) is 0 Å². The van der Waals surface area contributed by atoms with Crippen LogP contribution in [0, 0.1) is 5.92 Å². The van der Waals surface area contributed by atoms with Crippen LogP contribution in [0.15, 0.2) is 24.3 Å². The number of hydrogen-bond acceptors (Lipinski definition) is 1. The van der Waals surface area contributed by atoms with Crippen LogP contribution in [0.3, 0.4) is 0 Å². The lowest BCUT2D eigenvalue weighted by atomic mass is 10.0. The van der Waals surface area contributed by atoms with Crippen molar-refractivity contribution in [3.05, 3.63) is 24.3 Å². The highest BCUT2D eigenvalue weighted by Gasteiger charge is 1.96. The second kappa shape index (κ2) is 4.89. The van der Waals surface area contributed by atoms with Crippen molar-refractivity contribution in [3.8, 4) is 0 Å². The molecule has 0 atom stereocenters. The zero-order valence-electron chi connectivity index (χ0n) is 7.55. The molecule has 0 aliphatic rings. The van der Waals surface area contributed by atoms with Gasteiger partial charge >= 0.3 is 0 Å². The Bertz CT molecular complexity index is 175. The van der Waals surface area contributed by atoms with Gasteiger partial charge in [0.25, 0.3) is 0 Å². The maximum absolute atomic E-state index is 10.8. The quantitative estimate of drug-likeness (QED) is 0.566. The monoisotopic (exact) mass is 152 g/mol. The van der Waals surface area contributed by atoms with Gasteiger partial charge in [0.1, 0.15) is 0 Å². The fourth-order valence-electron chi connectivity index (χ4n) is 1.00. The van der Waals surface area contributed by atoms with E-state index in [1.807, 2.05) is 6.92 Å². The van der Waals surface area contributed by atoms with Crippen LogP contribution in [-0.4, -0.2) is 5.78 Å². The van der Waals surface area contributed by atoms with Crippen LogP contribution in [0.4, 0.5) is 0 Å². The Balaban J connectivity index is 4.00. The number of carbonyl (C=O) groups is 1. The highest BCUT2D eigenvalue weighted by Crippen LogP contribution is 2.09. The topological polar surface area (TPSA) is 17.1 Å². The van der Waals surface area contributed by atoms with E-state index in [1.165, 1.54) is 6.08 Å². The first-order chi connectivity index (χ1) is 5.06. The van der Waals surface area contributed by atoms with E-state index in [9.17, 15) is 4.79 Å². The lowest BCUT2D eigenvalue weighted by Crippen LogP contribution is -1.92.